The van der Waals surface area contributed by atoms with Gasteiger partial charge in [-0.3, -0.25) is 0 Å². The van der Waals surface area contributed by atoms with E-state index in [-0.39, 0.29) is 6.03 Å². The minimum absolute atomic E-state index is 0.320. The lowest BCUT2D eigenvalue weighted by Crippen LogP contribution is -2.34. The van der Waals surface area contributed by atoms with Gasteiger partial charge in [0, 0.05) is 13.1 Å². The zero-order chi connectivity index (χ0) is 18.9. The van der Waals surface area contributed by atoms with Gasteiger partial charge in [-0.1, -0.05) is 24.3 Å². The summed E-state index contributed by atoms with van der Waals surface area (Å²) in [5, 5.41) is 5.46. The first-order valence-electron chi connectivity index (χ1n) is 7.89. The number of hydrogen-bond acceptors (Lipinski definition) is 5. The lowest BCUT2D eigenvalue weighted by atomic mass is 10.1. The van der Waals surface area contributed by atoms with Crippen LogP contribution in [0.5, 0.6) is 0 Å². The summed E-state index contributed by atoms with van der Waals surface area (Å²) in [5.41, 5.74) is 2.62. The molecule has 2 amide bonds. The minimum Gasteiger partial charge on any atom is -0.465 e. The smallest absolute Gasteiger partial charge is 0.337 e. The van der Waals surface area contributed by atoms with Gasteiger partial charge in [0.1, 0.15) is 0 Å². The van der Waals surface area contributed by atoms with E-state index in [2.05, 4.69) is 20.1 Å². The highest BCUT2D eigenvalue weighted by Crippen LogP contribution is 2.07. The van der Waals surface area contributed by atoms with Crippen molar-refractivity contribution in [1.29, 1.82) is 0 Å². The van der Waals surface area contributed by atoms with Gasteiger partial charge in [0.25, 0.3) is 0 Å². The van der Waals surface area contributed by atoms with Gasteiger partial charge in [0.15, 0.2) is 0 Å². The fourth-order valence-corrected chi connectivity index (χ4v) is 2.18. The van der Waals surface area contributed by atoms with Gasteiger partial charge in [-0.25, -0.2) is 14.4 Å². The predicted molar refractivity (Wildman–Crippen MR) is 94.6 cm³/mol. The monoisotopic (exact) mass is 356 g/mol. The number of carbonyl (C=O) groups excluding carboxylic acids is 3. The standard InChI is InChI=1S/C19H20N2O5/c1-25-17(22)15-7-3-13(4-8-15)11-20-19(24)21-12-14-5-9-16(10-6-14)18(23)26-2/h3-10H,11-12H2,1-2H3,(H2,20,21,24). The predicted octanol–water partition coefficient (Wildman–Crippen LogP) is 2.26. The Morgan fingerprint density at radius 1 is 0.692 bits per heavy atom. The Kier molecular flexibility index (Phi) is 6.73. The van der Waals surface area contributed by atoms with Crippen LogP contribution in [0.2, 0.25) is 0 Å². The van der Waals surface area contributed by atoms with E-state index < -0.39 is 11.9 Å². The van der Waals surface area contributed by atoms with Crippen LogP contribution in [0.15, 0.2) is 48.5 Å². The van der Waals surface area contributed by atoms with Crippen molar-refractivity contribution in [3.8, 4) is 0 Å². The summed E-state index contributed by atoms with van der Waals surface area (Å²) in [6.45, 7) is 0.656. The molecule has 0 unspecified atom stereocenters. The normalized spacial score (nSPS) is 9.92. The molecule has 0 spiro atoms. The Labute approximate surface area is 151 Å². The third kappa shape index (κ3) is 5.34. The highest BCUT2D eigenvalue weighted by atomic mass is 16.5. The van der Waals surface area contributed by atoms with Crippen LogP contribution in [0.25, 0.3) is 0 Å². The number of hydrogen-bond donors (Lipinski definition) is 2. The molecule has 7 heteroatoms. The molecule has 2 aromatic rings. The van der Waals surface area contributed by atoms with Crippen molar-refractivity contribution in [2.24, 2.45) is 0 Å². The molecule has 0 aromatic heterocycles. The molecule has 0 aliphatic rings. The van der Waals surface area contributed by atoms with Gasteiger partial charge in [0.05, 0.1) is 25.3 Å². The van der Waals surface area contributed by atoms with Gasteiger partial charge in [-0.15, -0.1) is 0 Å². The van der Waals surface area contributed by atoms with Gasteiger partial charge in [0.2, 0.25) is 0 Å². The van der Waals surface area contributed by atoms with E-state index in [1.165, 1.54) is 14.2 Å². The maximum Gasteiger partial charge on any atom is 0.337 e. The summed E-state index contributed by atoms with van der Waals surface area (Å²) in [6.07, 6.45) is 0. The summed E-state index contributed by atoms with van der Waals surface area (Å²) in [7, 11) is 2.65. The first-order valence-corrected chi connectivity index (χ1v) is 7.89. The molecule has 136 valence electrons. The molecule has 0 heterocycles. The molecule has 0 atom stereocenters. The largest absolute Gasteiger partial charge is 0.465 e. The third-order valence-electron chi connectivity index (χ3n) is 3.66. The SMILES string of the molecule is COC(=O)c1ccc(CNC(=O)NCc2ccc(C(=O)OC)cc2)cc1. The molecule has 26 heavy (non-hydrogen) atoms. The third-order valence-corrected chi connectivity index (χ3v) is 3.66. The first kappa shape index (κ1) is 19.0. The molecule has 7 nitrogen and oxygen atoms in total. The van der Waals surface area contributed by atoms with E-state index in [9.17, 15) is 14.4 Å². The van der Waals surface area contributed by atoms with Gasteiger partial charge < -0.3 is 20.1 Å². The van der Waals surface area contributed by atoms with Crippen molar-refractivity contribution in [2.75, 3.05) is 14.2 Å². The number of nitrogens with one attached hydrogen (secondary N) is 2. The lowest BCUT2D eigenvalue weighted by Gasteiger charge is -2.09. The molecule has 0 fully saturated rings. The minimum atomic E-state index is -0.402. The fraction of sp³-hybridized carbons (Fsp3) is 0.211. The Morgan fingerprint density at radius 2 is 1.04 bits per heavy atom. The Balaban J connectivity index is 1.78. The number of ether oxygens (including phenoxy) is 2. The highest BCUT2D eigenvalue weighted by molar-refractivity contribution is 5.89. The van der Waals surface area contributed by atoms with Gasteiger partial charge >= 0.3 is 18.0 Å². The molecular formula is C19H20N2O5. The highest BCUT2D eigenvalue weighted by Gasteiger charge is 2.07. The van der Waals surface area contributed by atoms with E-state index >= 15 is 0 Å². The van der Waals surface area contributed by atoms with Gasteiger partial charge in [-0.05, 0) is 35.4 Å². The summed E-state index contributed by atoms with van der Waals surface area (Å²) >= 11 is 0. The second kappa shape index (κ2) is 9.22. The average Bonchev–Trinajstić information content (AvgIpc) is 2.70. The van der Waals surface area contributed by atoms with Crippen molar-refractivity contribution < 1.29 is 23.9 Å². The maximum atomic E-state index is 11.9. The van der Waals surface area contributed by atoms with Crippen LogP contribution in [0.1, 0.15) is 31.8 Å². The van der Waals surface area contributed by atoms with Crippen LogP contribution < -0.4 is 10.6 Å². The fourth-order valence-electron chi connectivity index (χ4n) is 2.18. The molecule has 0 saturated heterocycles. The summed E-state index contributed by atoms with van der Waals surface area (Å²) in [6, 6.07) is 13.2. The molecule has 0 aliphatic heterocycles. The zero-order valence-corrected chi connectivity index (χ0v) is 14.6. The van der Waals surface area contributed by atoms with E-state index in [0.717, 1.165) is 11.1 Å². The Bertz CT molecular complexity index is 704. The number of esters is 2. The van der Waals surface area contributed by atoms with Crippen molar-refractivity contribution >= 4 is 18.0 Å². The summed E-state index contributed by atoms with van der Waals surface area (Å²) in [4.78, 5) is 34.6. The molecule has 2 N–H and O–H groups in total. The molecule has 0 saturated carbocycles. The number of methoxy groups -OCH3 is 2. The second-order valence-corrected chi connectivity index (χ2v) is 5.41. The summed E-state index contributed by atoms with van der Waals surface area (Å²) < 4.78 is 9.26. The van der Waals surface area contributed by atoms with Crippen LogP contribution in [-0.4, -0.2) is 32.2 Å². The van der Waals surface area contributed by atoms with Crippen molar-refractivity contribution in [2.45, 2.75) is 13.1 Å². The summed E-state index contributed by atoms with van der Waals surface area (Å²) in [5.74, 6) is -0.805. The van der Waals surface area contributed by atoms with Gasteiger partial charge in [-0.2, -0.15) is 0 Å². The van der Waals surface area contributed by atoms with Crippen LogP contribution in [-0.2, 0) is 22.6 Å². The van der Waals surface area contributed by atoms with Crippen molar-refractivity contribution in [3.63, 3.8) is 0 Å². The van der Waals surface area contributed by atoms with Crippen LogP contribution in [0, 0.1) is 0 Å². The number of amides is 2. The number of urea groups is 1. The Morgan fingerprint density at radius 3 is 1.35 bits per heavy atom. The molecule has 0 radical (unpaired) electrons. The van der Waals surface area contributed by atoms with Crippen LogP contribution in [0.4, 0.5) is 4.79 Å². The molecule has 2 rings (SSSR count). The van der Waals surface area contributed by atoms with E-state index in [4.69, 9.17) is 0 Å². The molecule has 0 bridgehead atoms. The van der Waals surface area contributed by atoms with E-state index in [1.54, 1.807) is 48.5 Å². The molecular weight excluding hydrogens is 336 g/mol. The first-order chi connectivity index (χ1) is 12.5. The Hall–Kier alpha value is -3.35. The average molecular weight is 356 g/mol. The van der Waals surface area contributed by atoms with Crippen molar-refractivity contribution in [1.82, 2.24) is 10.6 Å². The molecule has 0 aliphatic carbocycles. The quantitative estimate of drug-likeness (QED) is 0.775. The number of carbonyl (C=O) groups is 3. The van der Waals surface area contributed by atoms with Crippen LogP contribution in [0.3, 0.4) is 0 Å². The number of benzene rings is 2. The van der Waals surface area contributed by atoms with Crippen LogP contribution >= 0.6 is 0 Å². The lowest BCUT2D eigenvalue weighted by molar-refractivity contribution is 0.0592. The topological polar surface area (TPSA) is 93.7 Å². The van der Waals surface area contributed by atoms with E-state index in [0.29, 0.717) is 24.2 Å². The second-order valence-electron chi connectivity index (χ2n) is 5.41. The number of rotatable bonds is 6. The molecule has 2 aromatic carbocycles. The van der Waals surface area contributed by atoms with E-state index in [1.807, 2.05) is 0 Å². The maximum absolute atomic E-state index is 11.9. The zero-order valence-electron chi connectivity index (χ0n) is 14.6. The van der Waals surface area contributed by atoms with Crippen molar-refractivity contribution in [3.05, 3.63) is 70.8 Å².